The molecular weight excluding hydrogens is 260 g/mol. The van der Waals surface area contributed by atoms with Gasteiger partial charge in [-0.3, -0.25) is 0 Å². The molecule has 3 heteroatoms. The second-order valence-corrected chi connectivity index (χ2v) is 6.67. The van der Waals surface area contributed by atoms with Gasteiger partial charge in [0, 0.05) is 17.5 Å². The average Bonchev–Trinajstić information content (AvgIpc) is 2.82. The Bertz CT molecular complexity index is 573. The van der Waals surface area contributed by atoms with Crippen LogP contribution in [-0.4, -0.2) is 17.1 Å². The Kier molecular flexibility index (Phi) is 4.84. The van der Waals surface area contributed by atoms with Crippen LogP contribution in [0.2, 0.25) is 0 Å². The first-order valence-corrected chi connectivity index (χ1v) is 7.63. The van der Waals surface area contributed by atoms with Gasteiger partial charge in [-0.1, -0.05) is 18.2 Å². The maximum absolute atomic E-state index is 5.92. The minimum absolute atomic E-state index is 0.167. The molecule has 0 unspecified atom stereocenters. The zero-order valence-corrected chi connectivity index (χ0v) is 13.8. The molecule has 1 N–H and O–H groups in total. The van der Waals surface area contributed by atoms with E-state index in [0.29, 0.717) is 0 Å². The number of nitrogens with one attached hydrogen (secondary N) is 1. The molecular formula is C18H26N2O. The molecule has 1 aromatic carbocycles. The molecule has 0 amide bonds. The Morgan fingerprint density at radius 1 is 1.14 bits per heavy atom. The molecule has 0 bridgehead atoms. The Balaban J connectivity index is 1.99. The largest absolute Gasteiger partial charge is 0.441 e. The predicted molar refractivity (Wildman–Crippen MR) is 87.5 cm³/mol. The third kappa shape index (κ3) is 4.43. The van der Waals surface area contributed by atoms with Crippen LogP contribution in [0.15, 0.2) is 28.8 Å². The van der Waals surface area contributed by atoms with E-state index in [0.717, 1.165) is 31.0 Å². The summed E-state index contributed by atoms with van der Waals surface area (Å²) in [6, 6.07) is 6.29. The zero-order chi connectivity index (χ0) is 15.5. The van der Waals surface area contributed by atoms with Crippen LogP contribution in [0, 0.1) is 13.8 Å². The summed E-state index contributed by atoms with van der Waals surface area (Å²) in [5.74, 6) is 1.70. The van der Waals surface area contributed by atoms with Crippen molar-refractivity contribution in [2.45, 2.75) is 53.0 Å². The summed E-state index contributed by atoms with van der Waals surface area (Å²) in [6.07, 6.45) is 3.75. The standard InChI is InChI=1S/C18H26N2O/c1-13-8-6-9-14(2)17(13)15-12-19-16(21-15)10-7-11-20-18(3,4)5/h6,8-9,12,20H,7,10-11H2,1-5H3. The van der Waals surface area contributed by atoms with Crippen LogP contribution in [0.4, 0.5) is 0 Å². The molecule has 0 radical (unpaired) electrons. The fraction of sp³-hybridized carbons (Fsp3) is 0.500. The number of aryl methyl sites for hydroxylation is 3. The maximum Gasteiger partial charge on any atom is 0.194 e. The monoisotopic (exact) mass is 286 g/mol. The number of rotatable bonds is 5. The van der Waals surface area contributed by atoms with E-state index in [-0.39, 0.29) is 5.54 Å². The molecule has 2 aromatic rings. The van der Waals surface area contributed by atoms with Crippen molar-refractivity contribution in [3.05, 3.63) is 41.4 Å². The SMILES string of the molecule is Cc1cccc(C)c1-c1cnc(CCCNC(C)(C)C)o1. The first-order chi connectivity index (χ1) is 9.87. The van der Waals surface area contributed by atoms with Crippen molar-refractivity contribution in [2.75, 3.05) is 6.54 Å². The highest BCUT2D eigenvalue weighted by Crippen LogP contribution is 2.27. The van der Waals surface area contributed by atoms with Crippen LogP contribution in [0.5, 0.6) is 0 Å². The third-order valence-corrected chi connectivity index (χ3v) is 3.50. The van der Waals surface area contributed by atoms with Gasteiger partial charge in [0.1, 0.15) is 0 Å². The lowest BCUT2D eigenvalue weighted by Crippen LogP contribution is -2.36. The second-order valence-electron chi connectivity index (χ2n) is 6.67. The van der Waals surface area contributed by atoms with Crippen molar-refractivity contribution < 1.29 is 4.42 Å². The number of nitrogens with zero attached hydrogens (tertiary/aromatic N) is 1. The highest BCUT2D eigenvalue weighted by molar-refractivity contribution is 5.65. The summed E-state index contributed by atoms with van der Waals surface area (Å²) < 4.78 is 5.92. The van der Waals surface area contributed by atoms with E-state index >= 15 is 0 Å². The molecule has 0 atom stereocenters. The van der Waals surface area contributed by atoms with Crippen molar-refractivity contribution >= 4 is 0 Å². The smallest absolute Gasteiger partial charge is 0.194 e. The predicted octanol–water partition coefficient (Wildman–Crippen LogP) is 4.28. The molecule has 0 saturated carbocycles. The second kappa shape index (κ2) is 6.44. The zero-order valence-electron chi connectivity index (χ0n) is 13.8. The Labute approximate surface area is 127 Å². The van der Waals surface area contributed by atoms with E-state index in [4.69, 9.17) is 4.42 Å². The lowest BCUT2D eigenvalue weighted by Gasteiger charge is -2.20. The fourth-order valence-corrected chi connectivity index (χ4v) is 2.45. The fourth-order valence-electron chi connectivity index (χ4n) is 2.45. The minimum atomic E-state index is 0.167. The molecule has 1 heterocycles. The van der Waals surface area contributed by atoms with Gasteiger partial charge in [0.25, 0.3) is 0 Å². The van der Waals surface area contributed by atoms with E-state index in [9.17, 15) is 0 Å². The molecule has 114 valence electrons. The molecule has 21 heavy (non-hydrogen) atoms. The number of hydrogen-bond donors (Lipinski definition) is 1. The van der Waals surface area contributed by atoms with Crippen molar-refractivity contribution in [1.82, 2.24) is 10.3 Å². The lowest BCUT2D eigenvalue weighted by atomic mass is 10.0. The van der Waals surface area contributed by atoms with E-state index < -0.39 is 0 Å². The summed E-state index contributed by atoms with van der Waals surface area (Å²) in [5.41, 5.74) is 3.79. The number of hydrogen-bond acceptors (Lipinski definition) is 3. The Morgan fingerprint density at radius 2 is 1.81 bits per heavy atom. The van der Waals surface area contributed by atoms with Gasteiger partial charge in [-0.2, -0.15) is 0 Å². The van der Waals surface area contributed by atoms with Crippen molar-refractivity contribution in [2.24, 2.45) is 0 Å². The van der Waals surface area contributed by atoms with Gasteiger partial charge in [0.05, 0.1) is 6.20 Å². The van der Waals surface area contributed by atoms with Gasteiger partial charge < -0.3 is 9.73 Å². The molecule has 3 nitrogen and oxygen atoms in total. The molecule has 0 spiro atoms. The molecule has 0 aliphatic heterocycles. The van der Waals surface area contributed by atoms with Gasteiger partial charge in [-0.05, 0) is 58.7 Å². The van der Waals surface area contributed by atoms with Crippen LogP contribution >= 0.6 is 0 Å². The third-order valence-electron chi connectivity index (χ3n) is 3.50. The van der Waals surface area contributed by atoms with E-state index in [1.165, 1.54) is 16.7 Å². The molecule has 2 rings (SSSR count). The van der Waals surface area contributed by atoms with Gasteiger partial charge in [-0.15, -0.1) is 0 Å². The molecule has 0 saturated heterocycles. The number of aromatic nitrogens is 1. The van der Waals surface area contributed by atoms with Crippen LogP contribution in [0.3, 0.4) is 0 Å². The first kappa shape index (κ1) is 15.8. The number of benzene rings is 1. The Hall–Kier alpha value is -1.61. The first-order valence-electron chi connectivity index (χ1n) is 7.63. The normalized spacial score (nSPS) is 11.9. The quantitative estimate of drug-likeness (QED) is 0.834. The van der Waals surface area contributed by atoms with E-state index in [1.807, 2.05) is 6.20 Å². The average molecular weight is 286 g/mol. The summed E-state index contributed by atoms with van der Waals surface area (Å²) in [7, 11) is 0. The van der Waals surface area contributed by atoms with Crippen LogP contribution in [-0.2, 0) is 6.42 Å². The minimum Gasteiger partial charge on any atom is -0.441 e. The van der Waals surface area contributed by atoms with Crippen molar-refractivity contribution in [3.63, 3.8) is 0 Å². The molecule has 0 fully saturated rings. The Morgan fingerprint density at radius 3 is 2.43 bits per heavy atom. The van der Waals surface area contributed by atoms with E-state index in [1.54, 1.807) is 0 Å². The number of oxazole rings is 1. The maximum atomic E-state index is 5.92. The molecule has 0 aliphatic carbocycles. The van der Waals surface area contributed by atoms with Gasteiger partial charge in [0.2, 0.25) is 0 Å². The lowest BCUT2D eigenvalue weighted by molar-refractivity contribution is 0.412. The van der Waals surface area contributed by atoms with Crippen molar-refractivity contribution in [3.8, 4) is 11.3 Å². The van der Waals surface area contributed by atoms with Crippen molar-refractivity contribution in [1.29, 1.82) is 0 Å². The van der Waals surface area contributed by atoms with Crippen LogP contribution in [0.1, 0.15) is 44.2 Å². The highest BCUT2D eigenvalue weighted by atomic mass is 16.4. The highest BCUT2D eigenvalue weighted by Gasteiger charge is 2.12. The van der Waals surface area contributed by atoms with Gasteiger partial charge in [-0.25, -0.2) is 4.98 Å². The van der Waals surface area contributed by atoms with Gasteiger partial charge >= 0.3 is 0 Å². The summed E-state index contributed by atoms with van der Waals surface area (Å²) in [4.78, 5) is 4.41. The van der Waals surface area contributed by atoms with Crippen LogP contribution < -0.4 is 5.32 Å². The summed E-state index contributed by atoms with van der Waals surface area (Å²) in [6.45, 7) is 11.7. The topological polar surface area (TPSA) is 38.1 Å². The van der Waals surface area contributed by atoms with E-state index in [2.05, 4.69) is 63.1 Å². The molecule has 1 aromatic heterocycles. The molecule has 0 aliphatic rings. The van der Waals surface area contributed by atoms with Gasteiger partial charge in [0.15, 0.2) is 11.7 Å². The van der Waals surface area contributed by atoms with Crippen LogP contribution in [0.25, 0.3) is 11.3 Å². The summed E-state index contributed by atoms with van der Waals surface area (Å²) in [5, 5.41) is 3.48. The summed E-state index contributed by atoms with van der Waals surface area (Å²) >= 11 is 0.